The Bertz CT molecular complexity index is 18.4. The van der Waals surface area contributed by atoms with Crippen molar-refractivity contribution in [2.24, 2.45) is 0 Å². The Morgan fingerprint density at radius 2 is 1.14 bits per heavy atom. The van der Waals surface area contributed by atoms with E-state index in [1.165, 1.54) is 0 Å². The molecule has 0 spiro atoms. The fourth-order valence-electron chi connectivity index (χ4n) is 0. The van der Waals surface area contributed by atoms with E-state index < -0.39 is 0 Å². The van der Waals surface area contributed by atoms with E-state index in [9.17, 15) is 0 Å². The second-order valence-electron chi connectivity index (χ2n) is 0.479. The van der Waals surface area contributed by atoms with Gasteiger partial charge in [0.05, 0.1) is 5.34 Å². The van der Waals surface area contributed by atoms with Crippen LogP contribution in [-0.2, 0) is 0 Å². The summed E-state index contributed by atoms with van der Waals surface area (Å²) in [5.41, 5.74) is 0. The predicted molar refractivity (Wildman–Crippen MR) is 44.2 cm³/mol. The van der Waals surface area contributed by atoms with Crippen LogP contribution in [0.3, 0.4) is 0 Å². The van der Waals surface area contributed by atoms with E-state index in [-0.39, 0.29) is 5.34 Å². The second kappa shape index (κ2) is 15.6. The van der Waals surface area contributed by atoms with Gasteiger partial charge in [-0.2, -0.15) is 0 Å². The Kier molecular flexibility index (Phi) is 25.4. The van der Waals surface area contributed by atoms with Crippen LogP contribution in [0.4, 0.5) is 0 Å². The van der Waals surface area contributed by atoms with Crippen molar-refractivity contribution in [1.82, 2.24) is 0 Å². The maximum Gasteiger partial charge on any atom is 0.0967 e. The smallest absolute Gasteiger partial charge is 0.0967 e. The van der Waals surface area contributed by atoms with E-state index >= 15 is 0 Å². The van der Waals surface area contributed by atoms with Crippen LogP contribution in [0.15, 0.2) is 0 Å². The van der Waals surface area contributed by atoms with Gasteiger partial charge in [0.2, 0.25) is 0 Å². The Morgan fingerprint density at radius 1 is 1.00 bits per heavy atom. The maximum atomic E-state index is 4.76. The highest BCUT2D eigenvalue weighted by Crippen LogP contribution is 1.82. The van der Waals surface area contributed by atoms with E-state index in [0.717, 1.165) is 10.7 Å². The zero-order valence-electron chi connectivity index (χ0n) is 3.63. The van der Waals surface area contributed by atoms with Gasteiger partial charge < -0.3 is 0 Å². The number of rotatable bonds is 1. The number of hydrogen-bond donors (Lipinski definition) is 0. The van der Waals surface area contributed by atoms with Gasteiger partial charge in [-0.3, -0.25) is 0 Å². The fraction of sp³-hybridized carbons (Fsp3) is 1.00. The fourth-order valence-corrected chi connectivity index (χ4v) is 0. The monoisotopic (exact) mass is 270 g/mol. The predicted octanol–water partition coefficient (Wildman–Crippen LogP) is 3.20. The van der Waals surface area contributed by atoms with Crippen molar-refractivity contribution in [1.29, 1.82) is 0 Å². The van der Waals surface area contributed by atoms with Gasteiger partial charge in [0.15, 0.2) is 0 Å². The first-order valence-electron chi connectivity index (χ1n) is 1.57. The van der Waals surface area contributed by atoms with Crippen LogP contribution in [0.25, 0.3) is 0 Å². The summed E-state index contributed by atoms with van der Waals surface area (Å²) < 4.78 is 0. The summed E-state index contributed by atoms with van der Waals surface area (Å²) in [5.74, 6) is 0. The van der Waals surface area contributed by atoms with Crippen LogP contribution < -0.4 is 0 Å². The van der Waals surface area contributed by atoms with Crippen molar-refractivity contribution in [3.63, 3.8) is 0 Å². The van der Waals surface area contributed by atoms with Crippen molar-refractivity contribution in [2.45, 2.75) is 0 Å². The van der Waals surface area contributed by atoms with Gasteiger partial charge in [-0.15, -0.1) is 23.2 Å². The molecule has 0 N–H and O–H groups in total. The van der Waals surface area contributed by atoms with Crippen molar-refractivity contribution in [3.8, 4) is 0 Å². The third-order valence-electron chi connectivity index (χ3n) is 0.0714. The van der Waals surface area contributed by atoms with E-state index in [4.69, 9.17) is 23.2 Å². The molecule has 0 atom stereocenters. The Hall–Kier alpha value is 1.54. The van der Waals surface area contributed by atoms with E-state index in [1.54, 1.807) is 0 Å². The van der Waals surface area contributed by atoms with Crippen LogP contribution in [0.2, 0.25) is 0 Å². The van der Waals surface area contributed by atoms with Crippen LogP contribution in [0.1, 0.15) is 0 Å². The summed E-state index contributed by atoms with van der Waals surface area (Å²) >= 11 is 15.9. The van der Waals surface area contributed by atoms with Crippen LogP contribution in [-0.4, -0.2) is 16.0 Å². The molecule has 0 aromatic carbocycles. The number of halogens is 4. The first kappa shape index (κ1) is 11.4. The Balaban J connectivity index is 0. The lowest BCUT2D eigenvalue weighted by Crippen LogP contribution is -1.61. The molecule has 0 nitrogen and oxygen atoms in total. The number of hydrogen-bond acceptors (Lipinski definition) is 0. The largest absolute Gasteiger partial charge is 0.109 e. The molecule has 0 fully saturated rings. The summed E-state index contributed by atoms with van der Waals surface area (Å²) in [4.78, 5) is 0. The maximum absolute atomic E-state index is 4.76. The molecule has 0 aromatic heterocycles. The van der Waals surface area contributed by atoms with Crippen LogP contribution >= 0.6 is 55.1 Å². The zero-order valence-corrected chi connectivity index (χ0v) is 8.32. The van der Waals surface area contributed by atoms with Gasteiger partial charge in [0, 0.05) is 10.7 Å². The molecular weight excluding hydrogens is 267 g/mol. The average molecular weight is 273 g/mol. The van der Waals surface area contributed by atoms with E-state index in [1.807, 2.05) is 0 Å². The topological polar surface area (TPSA) is 0 Å². The average Bonchev–Trinajstić information content (AvgIpc) is 1.69. The summed E-state index contributed by atoms with van der Waals surface area (Å²) in [5, 5.41) is 2.29. The van der Waals surface area contributed by atoms with Crippen molar-refractivity contribution < 1.29 is 0 Å². The highest BCUT2D eigenvalue weighted by molar-refractivity contribution is 9.11. The van der Waals surface area contributed by atoms with Crippen LogP contribution in [0, 0.1) is 0 Å². The molecule has 7 heavy (non-hydrogen) atoms. The lowest BCUT2D eigenvalue weighted by molar-refractivity contribution is 1.62. The lowest BCUT2D eigenvalue weighted by atomic mass is 11.0. The van der Waals surface area contributed by atoms with Crippen molar-refractivity contribution in [2.75, 3.05) is 16.0 Å². The first-order chi connectivity index (χ1) is 3.33. The molecule has 0 saturated carbocycles. The van der Waals surface area contributed by atoms with E-state index in [2.05, 4.69) is 31.9 Å². The van der Waals surface area contributed by atoms with Gasteiger partial charge in [0.25, 0.3) is 0 Å². The minimum absolute atomic E-state index is 0.194. The third-order valence-corrected chi connectivity index (χ3v) is 1.93. The molecule has 0 amide bonds. The highest BCUT2D eigenvalue weighted by Gasteiger charge is 1.60. The molecule has 0 unspecified atom stereocenters. The van der Waals surface area contributed by atoms with Crippen molar-refractivity contribution >= 4 is 55.1 Å². The molecule has 4 heteroatoms. The summed E-state index contributed by atoms with van der Waals surface area (Å²) in [6.07, 6.45) is 0. The van der Waals surface area contributed by atoms with Gasteiger partial charge >= 0.3 is 0 Å². The van der Waals surface area contributed by atoms with Crippen molar-refractivity contribution in [3.05, 3.63) is 0 Å². The minimum atomic E-state index is 0.194. The molecular formula is C3H6Br2Cl2. The highest BCUT2D eigenvalue weighted by atomic mass is 79.9. The van der Waals surface area contributed by atoms with Gasteiger partial charge in [0.1, 0.15) is 0 Å². The summed E-state index contributed by atoms with van der Waals surface area (Å²) in [6, 6.07) is 0. The molecule has 0 aliphatic heterocycles. The first-order valence-corrected chi connectivity index (χ1v) is 4.88. The quantitative estimate of drug-likeness (QED) is 0.643. The zero-order chi connectivity index (χ0) is 6.12. The molecule has 0 aromatic rings. The van der Waals surface area contributed by atoms with Gasteiger partial charge in [-0.1, -0.05) is 31.9 Å². The summed E-state index contributed by atoms with van der Waals surface area (Å²) in [7, 11) is 0. The molecule has 0 heterocycles. The molecule has 0 aliphatic carbocycles. The van der Waals surface area contributed by atoms with E-state index in [0.29, 0.717) is 0 Å². The molecule has 0 aliphatic rings. The van der Waals surface area contributed by atoms with Crippen LogP contribution in [0.5, 0.6) is 0 Å². The molecule has 0 bridgehead atoms. The Morgan fingerprint density at radius 3 is 1.14 bits per heavy atom. The minimum Gasteiger partial charge on any atom is -0.109 e. The molecule has 0 radical (unpaired) electrons. The standard InChI is InChI=1S/C2H4Br2.CH2Cl2/c3-1-2-4;2-1-3/h1-2H2;1H2. The lowest BCUT2D eigenvalue weighted by Gasteiger charge is -1.63. The second-order valence-corrected chi connectivity index (χ2v) is 2.87. The molecule has 0 saturated heterocycles. The third kappa shape index (κ3) is 35.9. The molecule has 0 rings (SSSR count). The SMILES string of the molecule is BrCCBr.ClCCl. The van der Waals surface area contributed by atoms with Gasteiger partial charge in [-0.25, -0.2) is 0 Å². The molecule has 46 valence electrons. The Labute approximate surface area is 70.8 Å². The van der Waals surface area contributed by atoms with Gasteiger partial charge in [-0.05, 0) is 0 Å². The normalized spacial score (nSPS) is 6.86. The number of alkyl halides is 4. The summed E-state index contributed by atoms with van der Waals surface area (Å²) in [6.45, 7) is 0.